The maximum atomic E-state index is 13.0. The van der Waals surface area contributed by atoms with Crippen LogP contribution in [0.5, 0.6) is 0 Å². The van der Waals surface area contributed by atoms with Crippen molar-refractivity contribution in [2.24, 2.45) is 0 Å². The zero-order chi connectivity index (χ0) is 13.8. The molecule has 2 aromatic rings. The van der Waals surface area contributed by atoms with Crippen molar-refractivity contribution in [3.63, 3.8) is 0 Å². The molecule has 19 heavy (non-hydrogen) atoms. The molecule has 2 aromatic carbocycles. The van der Waals surface area contributed by atoms with E-state index in [0.717, 1.165) is 17.5 Å². The molecule has 0 aliphatic carbocycles. The van der Waals surface area contributed by atoms with E-state index < -0.39 is 6.10 Å². The summed E-state index contributed by atoms with van der Waals surface area (Å²) in [5.41, 5.74) is 2.79. The molecule has 0 radical (unpaired) electrons. The summed E-state index contributed by atoms with van der Waals surface area (Å²) in [7, 11) is 0. The van der Waals surface area contributed by atoms with Gasteiger partial charge < -0.3 is 5.11 Å². The second kappa shape index (κ2) is 6.18. The Kier molecular flexibility index (Phi) is 4.56. The third kappa shape index (κ3) is 3.55. The van der Waals surface area contributed by atoms with Gasteiger partial charge in [0.15, 0.2) is 0 Å². The maximum absolute atomic E-state index is 13.0. The molecule has 1 N–H and O–H groups in total. The van der Waals surface area contributed by atoms with E-state index in [2.05, 4.69) is 6.92 Å². The third-order valence-corrected chi connectivity index (χ3v) is 3.52. The van der Waals surface area contributed by atoms with E-state index in [-0.39, 0.29) is 5.82 Å². The average Bonchev–Trinajstić information content (AvgIpc) is 2.42. The first-order valence-corrected chi connectivity index (χ1v) is 6.68. The molecule has 0 bridgehead atoms. The lowest BCUT2D eigenvalue weighted by Crippen LogP contribution is -2.03. The quantitative estimate of drug-likeness (QED) is 0.883. The van der Waals surface area contributed by atoms with E-state index in [1.165, 1.54) is 17.7 Å². The van der Waals surface area contributed by atoms with Crippen LogP contribution < -0.4 is 0 Å². The fourth-order valence-corrected chi connectivity index (χ4v) is 2.28. The molecule has 0 aromatic heterocycles. The Balaban J connectivity index is 2.17. The number of rotatable bonds is 4. The highest BCUT2D eigenvalue weighted by atomic mass is 35.5. The summed E-state index contributed by atoms with van der Waals surface area (Å²) in [6.45, 7) is 2.07. The summed E-state index contributed by atoms with van der Waals surface area (Å²) in [6.07, 6.45) is 0.680. The Bertz CT molecular complexity index is 568. The zero-order valence-corrected chi connectivity index (χ0v) is 11.5. The van der Waals surface area contributed by atoms with E-state index in [1.54, 1.807) is 6.07 Å². The van der Waals surface area contributed by atoms with Gasteiger partial charge in [-0.05, 0) is 35.2 Å². The molecule has 0 spiro atoms. The van der Waals surface area contributed by atoms with Gasteiger partial charge in [-0.2, -0.15) is 0 Å². The van der Waals surface area contributed by atoms with Crippen LogP contribution in [0.25, 0.3) is 0 Å². The van der Waals surface area contributed by atoms with E-state index in [0.29, 0.717) is 11.4 Å². The summed E-state index contributed by atoms with van der Waals surface area (Å²) in [5.74, 6) is -0.365. The van der Waals surface area contributed by atoms with Crippen LogP contribution in [0.15, 0.2) is 42.5 Å². The molecule has 1 atom stereocenters. The van der Waals surface area contributed by atoms with Crippen molar-refractivity contribution in [2.75, 3.05) is 0 Å². The zero-order valence-electron chi connectivity index (χ0n) is 10.7. The van der Waals surface area contributed by atoms with Crippen molar-refractivity contribution in [1.29, 1.82) is 0 Å². The molecule has 0 saturated heterocycles. The van der Waals surface area contributed by atoms with E-state index in [9.17, 15) is 9.50 Å². The Labute approximate surface area is 117 Å². The minimum absolute atomic E-state index is 0.352. The largest absolute Gasteiger partial charge is 0.388 e. The van der Waals surface area contributed by atoms with Crippen LogP contribution in [-0.4, -0.2) is 5.11 Å². The van der Waals surface area contributed by atoms with Crippen molar-refractivity contribution >= 4 is 11.6 Å². The molecule has 0 aliphatic rings. The first-order valence-electron chi connectivity index (χ1n) is 6.31. The SMILES string of the molecule is CCc1cccc(C(O)Cc2ccc(F)cc2Cl)c1. The van der Waals surface area contributed by atoms with Crippen LogP contribution in [0.2, 0.25) is 5.02 Å². The summed E-state index contributed by atoms with van der Waals surface area (Å²) in [6, 6.07) is 12.1. The first kappa shape index (κ1) is 14.0. The van der Waals surface area contributed by atoms with Gasteiger partial charge in [-0.1, -0.05) is 48.9 Å². The number of hydrogen-bond acceptors (Lipinski definition) is 1. The van der Waals surface area contributed by atoms with Gasteiger partial charge in [-0.15, -0.1) is 0 Å². The molecule has 0 amide bonds. The summed E-state index contributed by atoms with van der Waals surface area (Å²) in [4.78, 5) is 0. The van der Waals surface area contributed by atoms with Crippen LogP contribution in [0.1, 0.15) is 29.7 Å². The molecule has 1 unspecified atom stereocenters. The van der Waals surface area contributed by atoms with Crippen molar-refractivity contribution in [3.05, 3.63) is 70.0 Å². The van der Waals surface area contributed by atoms with Gasteiger partial charge in [-0.25, -0.2) is 4.39 Å². The lowest BCUT2D eigenvalue weighted by molar-refractivity contribution is 0.178. The predicted octanol–water partition coefficient (Wildman–Crippen LogP) is 4.32. The number of aryl methyl sites for hydroxylation is 1. The van der Waals surface area contributed by atoms with Gasteiger partial charge in [0.2, 0.25) is 0 Å². The van der Waals surface area contributed by atoms with Crippen molar-refractivity contribution in [2.45, 2.75) is 25.9 Å². The standard InChI is InChI=1S/C16H16ClFO/c1-2-11-4-3-5-13(8-11)16(19)9-12-6-7-14(18)10-15(12)17/h3-8,10,16,19H,2,9H2,1H3. The summed E-state index contributed by atoms with van der Waals surface area (Å²) >= 11 is 5.97. The number of aliphatic hydroxyl groups excluding tert-OH is 1. The molecule has 0 fully saturated rings. The Morgan fingerprint density at radius 1 is 1.21 bits per heavy atom. The van der Waals surface area contributed by atoms with Crippen molar-refractivity contribution < 1.29 is 9.50 Å². The molecule has 0 aliphatic heterocycles. The molecular formula is C16H16ClFO. The van der Waals surface area contributed by atoms with Crippen LogP contribution in [0, 0.1) is 5.82 Å². The lowest BCUT2D eigenvalue weighted by Gasteiger charge is -2.13. The van der Waals surface area contributed by atoms with Gasteiger partial charge in [0.05, 0.1) is 6.10 Å². The summed E-state index contributed by atoms with van der Waals surface area (Å²) in [5, 5.41) is 10.6. The topological polar surface area (TPSA) is 20.2 Å². The highest BCUT2D eigenvalue weighted by Gasteiger charge is 2.11. The minimum Gasteiger partial charge on any atom is -0.388 e. The predicted molar refractivity (Wildman–Crippen MR) is 75.9 cm³/mol. The smallest absolute Gasteiger partial charge is 0.124 e. The molecule has 1 nitrogen and oxygen atoms in total. The number of benzene rings is 2. The molecule has 3 heteroatoms. The fourth-order valence-electron chi connectivity index (χ4n) is 2.03. The lowest BCUT2D eigenvalue weighted by atomic mass is 9.99. The van der Waals surface area contributed by atoms with Gasteiger partial charge in [0.25, 0.3) is 0 Å². The van der Waals surface area contributed by atoms with E-state index >= 15 is 0 Å². The Hall–Kier alpha value is -1.38. The highest BCUT2D eigenvalue weighted by Crippen LogP contribution is 2.24. The van der Waals surface area contributed by atoms with Crippen LogP contribution >= 0.6 is 11.6 Å². The fraction of sp³-hybridized carbons (Fsp3) is 0.250. The maximum Gasteiger partial charge on any atom is 0.124 e. The van der Waals surface area contributed by atoms with E-state index in [1.807, 2.05) is 24.3 Å². The molecule has 0 saturated carbocycles. The van der Waals surface area contributed by atoms with Crippen LogP contribution in [-0.2, 0) is 12.8 Å². The van der Waals surface area contributed by atoms with Gasteiger partial charge >= 0.3 is 0 Å². The highest BCUT2D eigenvalue weighted by molar-refractivity contribution is 6.31. The number of hydrogen-bond donors (Lipinski definition) is 1. The summed E-state index contributed by atoms with van der Waals surface area (Å²) < 4.78 is 13.0. The van der Waals surface area contributed by atoms with Gasteiger partial charge in [0.1, 0.15) is 5.82 Å². The van der Waals surface area contributed by atoms with Gasteiger partial charge in [0, 0.05) is 11.4 Å². The Morgan fingerprint density at radius 2 is 2.00 bits per heavy atom. The molecular weight excluding hydrogens is 263 g/mol. The average molecular weight is 279 g/mol. The monoisotopic (exact) mass is 278 g/mol. The third-order valence-electron chi connectivity index (χ3n) is 3.17. The van der Waals surface area contributed by atoms with Crippen molar-refractivity contribution in [3.8, 4) is 0 Å². The molecule has 2 rings (SSSR count). The molecule has 100 valence electrons. The number of aliphatic hydroxyl groups is 1. The Morgan fingerprint density at radius 3 is 2.68 bits per heavy atom. The molecule has 0 heterocycles. The van der Waals surface area contributed by atoms with Crippen molar-refractivity contribution in [1.82, 2.24) is 0 Å². The van der Waals surface area contributed by atoms with E-state index in [4.69, 9.17) is 11.6 Å². The van der Waals surface area contributed by atoms with Crippen LogP contribution in [0.4, 0.5) is 4.39 Å². The van der Waals surface area contributed by atoms with Gasteiger partial charge in [-0.3, -0.25) is 0 Å². The van der Waals surface area contributed by atoms with Crippen LogP contribution in [0.3, 0.4) is 0 Å². The minimum atomic E-state index is -0.630. The normalized spacial score (nSPS) is 12.4. The first-order chi connectivity index (χ1) is 9.10. The number of halogens is 2. The second-order valence-corrected chi connectivity index (χ2v) is 4.96. The second-order valence-electron chi connectivity index (χ2n) is 4.55.